The Labute approximate surface area is 190 Å². The minimum Gasteiger partial charge on any atom is -0.465 e. The van der Waals surface area contributed by atoms with E-state index in [0.717, 1.165) is 0 Å². The second kappa shape index (κ2) is 9.52. The maximum absolute atomic E-state index is 15.6. The number of nitrogens with one attached hydrogen (secondary N) is 2. The van der Waals surface area contributed by atoms with Crippen molar-refractivity contribution in [2.24, 2.45) is 5.92 Å². The maximum Gasteiger partial charge on any atom is 0.323 e. The Balaban J connectivity index is 1.71. The minimum atomic E-state index is -2.68. The maximum atomic E-state index is 15.6. The summed E-state index contributed by atoms with van der Waals surface area (Å²) in [6.07, 6.45) is -1.74. The lowest BCUT2D eigenvalue weighted by Crippen LogP contribution is -2.35. The van der Waals surface area contributed by atoms with Gasteiger partial charge in [-0.2, -0.15) is 9.97 Å². The zero-order chi connectivity index (χ0) is 23.7. The van der Waals surface area contributed by atoms with Crippen LogP contribution >= 0.6 is 6.42 Å². The average molecular weight is 490 g/mol. The van der Waals surface area contributed by atoms with Crippen LogP contribution in [0.15, 0.2) is 6.33 Å². The molecule has 3 rings (SSSR count). The highest BCUT2D eigenvalue weighted by atomic mass is 32.4. The molecule has 14 heteroatoms. The molecule has 0 bridgehead atoms. The predicted octanol–water partition coefficient (Wildman–Crippen LogP) is 2.17. The minimum absolute atomic E-state index is 0.0672. The number of fused-ring (bicyclic) bond motifs is 1. The van der Waals surface area contributed by atoms with E-state index < -0.39 is 30.5 Å². The van der Waals surface area contributed by atoms with Crippen LogP contribution in [0.4, 0.5) is 16.2 Å². The van der Waals surface area contributed by atoms with Crippen LogP contribution in [0.1, 0.15) is 33.4 Å². The van der Waals surface area contributed by atoms with Crippen molar-refractivity contribution in [1.29, 1.82) is 0 Å². The smallest absolute Gasteiger partial charge is 0.323 e. The zero-order valence-corrected chi connectivity index (χ0v) is 20.4. The fourth-order valence-electron chi connectivity index (χ4n) is 3.61. The van der Waals surface area contributed by atoms with E-state index in [2.05, 4.69) is 25.4 Å². The molecule has 0 radical (unpaired) electrons. The number of aromatic nitrogens is 4. The molecular weight excluding hydrogens is 460 g/mol. The van der Waals surface area contributed by atoms with Crippen LogP contribution in [0.5, 0.6) is 0 Å². The summed E-state index contributed by atoms with van der Waals surface area (Å²) in [6, 6.07) is -0.665. The van der Waals surface area contributed by atoms with Crippen LogP contribution in [0.3, 0.4) is 0 Å². The van der Waals surface area contributed by atoms with E-state index in [0.29, 0.717) is 17.0 Å². The lowest BCUT2D eigenvalue weighted by Gasteiger charge is -2.27. The molecule has 0 spiro atoms. The molecular formula is C18H29FN7O4PS. The number of nitrogen functional groups attached to an aromatic ring is 1. The van der Waals surface area contributed by atoms with Crippen LogP contribution in [0.25, 0.3) is 11.2 Å². The molecule has 1 aliphatic rings. The van der Waals surface area contributed by atoms with Gasteiger partial charge in [-0.25, -0.2) is 9.37 Å². The number of anilines is 2. The number of hydrogen-bond donors (Lipinski definition) is 3. The van der Waals surface area contributed by atoms with Crippen LogP contribution in [-0.2, 0) is 30.6 Å². The summed E-state index contributed by atoms with van der Waals surface area (Å²) < 4.78 is 33.7. The first kappa shape index (κ1) is 24.7. The van der Waals surface area contributed by atoms with Crippen molar-refractivity contribution < 1.29 is 23.2 Å². The molecule has 0 amide bonds. The molecule has 2 aromatic rings. The predicted molar refractivity (Wildman–Crippen MR) is 122 cm³/mol. The van der Waals surface area contributed by atoms with Crippen molar-refractivity contribution in [2.45, 2.75) is 45.3 Å². The summed E-state index contributed by atoms with van der Waals surface area (Å²) in [5.74, 6) is -2.18. The molecule has 2 aromatic heterocycles. The van der Waals surface area contributed by atoms with E-state index in [4.69, 9.17) is 31.5 Å². The summed E-state index contributed by atoms with van der Waals surface area (Å²) in [5.41, 5.74) is 6.75. The number of carbonyl (C=O) groups excluding carboxylic acids is 1. The van der Waals surface area contributed by atoms with Gasteiger partial charge in [-0.1, -0.05) is 18.7 Å². The highest BCUT2D eigenvalue weighted by Gasteiger charge is 2.47. The fourth-order valence-corrected chi connectivity index (χ4v) is 5.56. The van der Waals surface area contributed by atoms with Crippen LogP contribution in [-0.4, -0.2) is 64.3 Å². The van der Waals surface area contributed by atoms with E-state index in [-0.39, 0.29) is 31.5 Å². The largest absolute Gasteiger partial charge is 0.465 e. The Morgan fingerprint density at radius 3 is 2.94 bits per heavy atom. The Bertz CT molecular complexity index is 1040. The lowest BCUT2D eigenvalue weighted by molar-refractivity contribution is -0.171. The molecule has 0 aromatic carbocycles. The molecule has 178 valence electrons. The number of nitrogens with zero attached hydrogens (tertiary/aromatic N) is 4. The van der Waals surface area contributed by atoms with Gasteiger partial charge in [0.15, 0.2) is 17.0 Å². The van der Waals surface area contributed by atoms with Gasteiger partial charge >= 0.3 is 5.97 Å². The summed E-state index contributed by atoms with van der Waals surface area (Å²) in [6.45, 7) is 6.72. The highest BCUT2D eigenvalue weighted by Crippen LogP contribution is 2.47. The first-order valence-electron chi connectivity index (χ1n) is 10.2. The number of ether oxygens (including phenoxy) is 2. The Morgan fingerprint density at radius 2 is 2.28 bits per heavy atom. The van der Waals surface area contributed by atoms with E-state index in [1.807, 2.05) is 6.92 Å². The molecule has 5 atom stereocenters. The third kappa shape index (κ3) is 5.34. The summed E-state index contributed by atoms with van der Waals surface area (Å²) >= 11 is 5.45. The third-order valence-electron chi connectivity index (χ3n) is 4.99. The molecule has 1 saturated heterocycles. The third-order valence-corrected chi connectivity index (χ3v) is 7.10. The summed E-state index contributed by atoms with van der Waals surface area (Å²) in [7, 11) is 1.70. The number of carbonyl (C=O) groups is 1. The van der Waals surface area contributed by atoms with Gasteiger partial charge in [-0.05, 0) is 13.8 Å². The van der Waals surface area contributed by atoms with Crippen LogP contribution in [0.2, 0.25) is 0 Å². The molecule has 0 saturated carbocycles. The second-order valence-electron chi connectivity index (χ2n) is 7.80. The van der Waals surface area contributed by atoms with Gasteiger partial charge in [-0.15, -0.1) is 0 Å². The van der Waals surface area contributed by atoms with Gasteiger partial charge < -0.3 is 25.0 Å². The zero-order valence-electron chi connectivity index (χ0n) is 18.7. The van der Waals surface area contributed by atoms with Gasteiger partial charge in [0.1, 0.15) is 25.3 Å². The average Bonchev–Trinajstić information content (AvgIpc) is 3.26. The molecule has 4 N–H and O–H groups in total. The Kier molecular flexibility index (Phi) is 7.35. The number of halogens is 1. The van der Waals surface area contributed by atoms with E-state index in [1.54, 1.807) is 32.1 Å². The summed E-state index contributed by atoms with van der Waals surface area (Å²) in [5, 5.41) is 5.85. The number of esters is 1. The number of rotatable bonds is 9. The van der Waals surface area contributed by atoms with Crippen molar-refractivity contribution in [1.82, 2.24) is 24.6 Å². The molecule has 0 aliphatic carbocycles. The highest BCUT2D eigenvalue weighted by molar-refractivity contribution is 8.11. The fraction of sp³-hybridized carbons (Fsp3) is 0.667. The van der Waals surface area contributed by atoms with Crippen molar-refractivity contribution in [2.75, 3.05) is 38.0 Å². The molecule has 32 heavy (non-hydrogen) atoms. The van der Waals surface area contributed by atoms with Crippen LogP contribution < -0.4 is 16.1 Å². The van der Waals surface area contributed by atoms with Crippen molar-refractivity contribution >= 4 is 47.1 Å². The molecule has 1 fully saturated rings. The van der Waals surface area contributed by atoms with E-state index in [9.17, 15) is 4.79 Å². The normalized spacial score (nSPS) is 26.1. The van der Waals surface area contributed by atoms with Gasteiger partial charge in [-0.3, -0.25) is 14.4 Å². The SMILES string of the molecule is CCOC(=O)[C@H](C)NP(C)(=S)OC[C@]1(F)C[C@H](C)[C@H](n2cnc3c(NC)nc(N)nc32)O1. The first-order valence-corrected chi connectivity index (χ1v) is 13.4. The lowest BCUT2D eigenvalue weighted by atomic mass is 10.1. The number of imidazole rings is 1. The van der Waals surface area contributed by atoms with Crippen molar-refractivity contribution in [3.63, 3.8) is 0 Å². The number of alkyl halides is 1. The van der Waals surface area contributed by atoms with Gasteiger partial charge in [0.05, 0.1) is 12.9 Å². The molecule has 1 aliphatic heterocycles. The van der Waals surface area contributed by atoms with Crippen LogP contribution in [0, 0.1) is 5.92 Å². The monoisotopic (exact) mass is 489 g/mol. The van der Waals surface area contributed by atoms with Gasteiger partial charge in [0.25, 0.3) is 0 Å². The topological polar surface area (TPSA) is 138 Å². The quantitative estimate of drug-likeness (QED) is 0.353. The Morgan fingerprint density at radius 1 is 1.56 bits per heavy atom. The Hall–Kier alpha value is -1.92. The standard InChI is InChI=1S/C18H29FN7O4PS/c1-6-28-16(27)11(3)25-31(5,32)29-8-18(19)7-10(2)15(30-18)26-9-22-12-13(21-4)23-17(20)24-14(12)26/h9-11,15H,6-8H2,1-5H3,(H,25,32)(H3,20,21,23,24)/t10-,11-,15+,18-,31?/m0/s1. The van der Waals surface area contributed by atoms with Crippen molar-refractivity contribution in [3.8, 4) is 0 Å². The van der Waals surface area contributed by atoms with E-state index in [1.165, 1.54) is 6.33 Å². The number of nitrogens with two attached hydrogens (primary N) is 1. The number of hydrogen-bond acceptors (Lipinski definition) is 10. The molecule has 1 unspecified atom stereocenters. The molecule has 11 nitrogen and oxygen atoms in total. The van der Waals surface area contributed by atoms with E-state index >= 15 is 4.39 Å². The summed E-state index contributed by atoms with van der Waals surface area (Å²) in [4.78, 5) is 24.5. The van der Waals surface area contributed by atoms with Gasteiger partial charge in [0.2, 0.25) is 11.8 Å². The second-order valence-corrected chi connectivity index (χ2v) is 12.1. The van der Waals surface area contributed by atoms with Gasteiger partial charge in [0, 0.05) is 26.1 Å². The van der Waals surface area contributed by atoms with Crippen molar-refractivity contribution in [3.05, 3.63) is 6.33 Å². The first-order chi connectivity index (χ1) is 15.0. The molecule has 3 heterocycles.